The van der Waals surface area contributed by atoms with Crippen LogP contribution in [-0.2, 0) is 11.8 Å². The highest BCUT2D eigenvalue weighted by Gasteiger charge is 2.37. The van der Waals surface area contributed by atoms with E-state index < -0.39 is 0 Å². The quantitative estimate of drug-likeness (QED) is 0.714. The fourth-order valence-corrected chi connectivity index (χ4v) is 2.92. The molecule has 0 aliphatic carbocycles. The molecular weight excluding hydrogens is 244 g/mol. The van der Waals surface area contributed by atoms with Crippen molar-refractivity contribution in [1.29, 1.82) is 0 Å². The van der Waals surface area contributed by atoms with E-state index in [0.717, 1.165) is 32.7 Å². The molecule has 3 rings (SSSR count). The molecule has 1 amide bonds. The van der Waals surface area contributed by atoms with E-state index in [1.165, 1.54) is 0 Å². The number of likely N-dealkylation sites (tertiary alicyclic amines) is 1. The van der Waals surface area contributed by atoms with E-state index in [9.17, 15) is 4.79 Å². The second kappa shape index (κ2) is 4.94. The summed E-state index contributed by atoms with van der Waals surface area (Å²) in [4.78, 5) is 16.6. The molecule has 0 spiro atoms. The van der Waals surface area contributed by atoms with Crippen LogP contribution in [0.5, 0.6) is 0 Å². The van der Waals surface area contributed by atoms with Gasteiger partial charge in [0, 0.05) is 32.9 Å². The van der Waals surface area contributed by atoms with Gasteiger partial charge in [0.15, 0.2) is 0 Å². The molecule has 0 unspecified atom stereocenters. The highest BCUT2D eigenvalue weighted by Crippen LogP contribution is 2.22. The van der Waals surface area contributed by atoms with E-state index in [1.54, 1.807) is 16.9 Å². The van der Waals surface area contributed by atoms with Gasteiger partial charge in [-0.2, -0.15) is 5.10 Å². The van der Waals surface area contributed by atoms with E-state index >= 15 is 0 Å². The second-order valence-corrected chi connectivity index (χ2v) is 5.37. The summed E-state index contributed by atoms with van der Waals surface area (Å²) in [7, 11) is 3.93. The average Bonchev–Trinajstić information content (AvgIpc) is 2.85. The van der Waals surface area contributed by atoms with Crippen molar-refractivity contribution in [3.05, 3.63) is 18.0 Å². The lowest BCUT2D eigenvalue weighted by atomic mass is 9.99. The normalized spacial score (nSPS) is 28.2. The molecule has 0 radical (unpaired) electrons. The van der Waals surface area contributed by atoms with Crippen molar-refractivity contribution in [3.8, 4) is 0 Å². The van der Waals surface area contributed by atoms with E-state index in [0.29, 0.717) is 11.7 Å². The standard InChI is InChI=1S/C13H20N4O2/c1-15-7-8-19-12-4-6-17(9-11(12)15)13(18)10-3-5-16(2)14-10/h3,5,11-12H,4,6-9H2,1-2H3/t11-,12-/m1/s1. The molecule has 1 aromatic heterocycles. The van der Waals surface area contributed by atoms with Crippen LogP contribution in [0.25, 0.3) is 0 Å². The van der Waals surface area contributed by atoms with Crippen molar-refractivity contribution in [3.63, 3.8) is 0 Å². The van der Waals surface area contributed by atoms with Crippen LogP contribution in [0.4, 0.5) is 0 Å². The smallest absolute Gasteiger partial charge is 0.274 e. The van der Waals surface area contributed by atoms with Crippen molar-refractivity contribution >= 4 is 5.91 Å². The third-order valence-corrected chi connectivity index (χ3v) is 4.08. The predicted octanol–water partition coefficient (Wildman–Crippen LogP) is -0.0348. The van der Waals surface area contributed by atoms with Crippen LogP contribution in [0.1, 0.15) is 16.9 Å². The first-order chi connectivity index (χ1) is 9.15. The number of rotatable bonds is 1. The largest absolute Gasteiger partial charge is 0.375 e. The van der Waals surface area contributed by atoms with Gasteiger partial charge >= 0.3 is 0 Å². The van der Waals surface area contributed by atoms with E-state index in [-0.39, 0.29) is 12.0 Å². The molecule has 1 aromatic rings. The maximum absolute atomic E-state index is 12.4. The Morgan fingerprint density at radius 1 is 1.42 bits per heavy atom. The molecule has 3 heterocycles. The summed E-state index contributed by atoms with van der Waals surface area (Å²) in [5.74, 6) is 0.0259. The number of nitrogens with zero attached hydrogens (tertiary/aromatic N) is 4. The molecule has 0 N–H and O–H groups in total. The van der Waals surface area contributed by atoms with Gasteiger partial charge < -0.3 is 9.64 Å². The number of piperidine rings is 1. The zero-order chi connectivity index (χ0) is 13.4. The summed E-state index contributed by atoms with van der Waals surface area (Å²) >= 11 is 0. The fraction of sp³-hybridized carbons (Fsp3) is 0.692. The van der Waals surface area contributed by atoms with Gasteiger partial charge in [-0.25, -0.2) is 0 Å². The molecule has 2 fully saturated rings. The van der Waals surface area contributed by atoms with Gasteiger partial charge in [0.25, 0.3) is 5.91 Å². The number of aryl methyl sites for hydroxylation is 1. The topological polar surface area (TPSA) is 50.6 Å². The summed E-state index contributed by atoms with van der Waals surface area (Å²) in [5.41, 5.74) is 0.528. The number of likely N-dealkylation sites (N-methyl/N-ethyl adjacent to an activating group) is 1. The van der Waals surface area contributed by atoms with Gasteiger partial charge in [-0.05, 0) is 19.5 Å². The fourth-order valence-electron chi connectivity index (χ4n) is 2.92. The Bertz CT molecular complexity index is 473. The zero-order valence-electron chi connectivity index (χ0n) is 11.5. The number of morpholine rings is 1. The lowest BCUT2D eigenvalue weighted by Crippen LogP contribution is -2.59. The summed E-state index contributed by atoms with van der Waals surface area (Å²) in [6, 6.07) is 2.09. The first-order valence-electron chi connectivity index (χ1n) is 6.76. The highest BCUT2D eigenvalue weighted by atomic mass is 16.5. The summed E-state index contributed by atoms with van der Waals surface area (Å²) in [5, 5.41) is 4.19. The van der Waals surface area contributed by atoms with Crippen molar-refractivity contribution in [2.24, 2.45) is 7.05 Å². The van der Waals surface area contributed by atoms with Crippen LogP contribution >= 0.6 is 0 Å². The lowest BCUT2D eigenvalue weighted by Gasteiger charge is -2.45. The van der Waals surface area contributed by atoms with Gasteiger partial charge in [-0.15, -0.1) is 0 Å². The molecular formula is C13H20N4O2. The zero-order valence-corrected chi connectivity index (χ0v) is 11.5. The van der Waals surface area contributed by atoms with E-state index in [4.69, 9.17) is 4.74 Å². The Kier molecular flexibility index (Phi) is 3.28. The number of carbonyl (C=O) groups excluding carboxylic acids is 1. The minimum Gasteiger partial charge on any atom is -0.375 e. The van der Waals surface area contributed by atoms with Gasteiger partial charge in [-0.3, -0.25) is 14.4 Å². The minimum atomic E-state index is 0.0259. The van der Waals surface area contributed by atoms with E-state index in [1.807, 2.05) is 11.9 Å². The molecule has 2 saturated heterocycles. The van der Waals surface area contributed by atoms with Gasteiger partial charge in [0.2, 0.25) is 0 Å². The number of aromatic nitrogens is 2. The van der Waals surface area contributed by atoms with Crippen LogP contribution in [-0.4, -0.2) is 70.9 Å². The summed E-state index contributed by atoms with van der Waals surface area (Å²) < 4.78 is 7.45. The molecule has 2 atom stereocenters. The molecule has 6 heteroatoms. The van der Waals surface area contributed by atoms with E-state index in [2.05, 4.69) is 17.0 Å². The first kappa shape index (κ1) is 12.6. The Hall–Kier alpha value is -1.40. The maximum Gasteiger partial charge on any atom is 0.274 e. The van der Waals surface area contributed by atoms with Crippen LogP contribution in [0, 0.1) is 0 Å². The molecule has 0 aromatic carbocycles. The predicted molar refractivity (Wildman–Crippen MR) is 69.9 cm³/mol. The molecule has 0 bridgehead atoms. The molecule has 0 saturated carbocycles. The van der Waals surface area contributed by atoms with Crippen molar-refractivity contribution in [1.82, 2.24) is 19.6 Å². The minimum absolute atomic E-state index is 0.0259. The number of amides is 1. The molecule has 2 aliphatic heterocycles. The molecule has 6 nitrogen and oxygen atoms in total. The Balaban J connectivity index is 1.71. The van der Waals surface area contributed by atoms with Gasteiger partial charge in [0.1, 0.15) is 5.69 Å². The monoisotopic (exact) mass is 264 g/mol. The Labute approximate surface area is 112 Å². The van der Waals surface area contributed by atoms with Gasteiger partial charge in [-0.1, -0.05) is 0 Å². The molecule has 2 aliphatic rings. The number of hydrogen-bond acceptors (Lipinski definition) is 4. The van der Waals surface area contributed by atoms with Crippen molar-refractivity contribution in [2.75, 3.05) is 33.3 Å². The third kappa shape index (κ3) is 2.37. The Morgan fingerprint density at radius 3 is 3.00 bits per heavy atom. The first-order valence-corrected chi connectivity index (χ1v) is 6.76. The second-order valence-electron chi connectivity index (χ2n) is 5.37. The van der Waals surface area contributed by atoms with Crippen LogP contribution in [0.3, 0.4) is 0 Å². The lowest BCUT2D eigenvalue weighted by molar-refractivity contribution is -0.0894. The third-order valence-electron chi connectivity index (χ3n) is 4.08. The highest BCUT2D eigenvalue weighted by molar-refractivity contribution is 5.92. The number of carbonyl (C=O) groups is 1. The Morgan fingerprint density at radius 2 is 2.26 bits per heavy atom. The van der Waals surface area contributed by atoms with Crippen LogP contribution in [0.2, 0.25) is 0 Å². The van der Waals surface area contributed by atoms with Crippen LogP contribution < -0.4 is 0 Å². The SMILES string of the molecule is CN1CCO[C@@H]2CCN(C(=O)c3ccn(C)n3)C[C@H]21. The number of ether oxygens (including phenoxy) is 1. The number of hydrogen-bond donors (Lipinski definition) is 0. The number of fused-ring (bicyclic) bond motifs is 1. The maximum atomic E-state index is 12.4. The van der Waals surface area contributed by atoms with Crippen molar-refractivity contribution in [2.45, 2.75) is 18.6 Å². The summed E-state index contributed by atoms with van der Waals surface area (Å²) in [6.07, 6.45) is 2.98. The summed E-state index contributed by atoms with van der Waals surface area (Å²) in [6.45, 7) is 3.22. The van der Waals surface area contributed by atoms with Gasteiger partial charge in [0.05, 0.1) is 18.8 Å². The van der Waals surface area contributed by atoms with Crippen molar-refractivity contribution < 1.29 is 9.53 Å². The van der Waals surface area contributed by atoms with Crippen LogP contribution in [0.15, 0.2) is 12.3 Å². The molecule has 19 heavy (non-hydrogen) atoms. The molecule has 104 valence electrons. The average molecular weight is 264 g/mol.